The van der Waals surface area contributed by atoms with Gasteiger partial charge in [-0.05, 0) is 45.2 Å². The maximum Gasteiger partial charge on any atom is 0.408 e. The van der Waals surface area contributed by atoms with Crippen LogP contribution in [-0.4, -0.2) is 37.0 Å². The van der Waals surface area contributed by atoms with E-state index in [0.29, 0.717) is 12.1 Å². The number of rotatable bonds is 6. The summed E-state index contributed by atoms with van der Waals surface area (Å²) in [4.78, 5) is 17.3. The third kappa shape index (κ3) is 6.32. The Balaban J connectivity index is 2.92. The summed E-state index contributed by atoms with van der Waals surface area (Å²) >= 11 is 0. The number of nitrogens with zero attached hydrogens (tertiary/aromatic N) is 1. The predicted octanol–water partition coefficient (Wildman–Crippen LogP) is 3.44. The Labute approximate surface area is 139 Å². The summed E-state index contributed by atoms with van der Waals surface area (Å²) in [5.74, 6) is 0. The molecule has 0 unspecified atom stereocenters. The van der Waals surface area contributed by atoms with E-state index in [1.54, 1.807) is 19.2 Å². The molecule has 1 rings (SSSR count). The molecule has 5 nitrogen and oxygen atoms in total. The SMILES string of the molecule is C=C([C@@H](Cc1ccccc1C)NC(=O)OC(C)(C)C)N(C)OC. The van der Waals surface area contributed by atoms with Gasteiger partial charge in [-0.2, -0.15) is 0 Å². The molecule has 0 aliphatic heterocycles. The third-order valence-electron chi connectivity index (χ3n) is 3.46. The van der Waals surface area contributed by atoms with Gasteiger partial charge in [0.05, 0.1) is 18.8 Å². The lowest BCUT2D eigenvalue weighted by atomic mass is 9.99. The van der Waals surface area contributed by atoms with Crippen molar-refractivity contribution < 1.29 is 14.4 Å². The average Bonchev–Trinajstić information content (AvgIpc) is 2.45. The average molecular weight is 320 g/mol. The van der Waals surface area contributed by atoms with Crippen LogP contribution >= 0.6 is 0 Å². The standard InChI is InChI=1S/C18H28N2O3/c1-13-10-8-9-11-15(13)12-16(14(2)20(6)22-7)19-17(21)23-18(3,4)5/h8-11,16H,2,12H2,1,3-7H3,(H,19,21)/t16-/m1/s1. The summed E-state index contributed by atoms with van der Waals surface area (Å²) in [7, 11) is 3.31. The lowest BCUT2D eigenvalue weighted by Gasteiger charge is -2.29. The molecule has 1 amide bonds. The Morgan fingerprint density at radius 2 is 1.96 bits per heavy atom. The molecule has 0 heterocycles. The van der Waals surface area contributed by atoms with Crippen LogP contribution in [0.2, 0.25) is 0 Å². The van der Waals surface area contributed by atoms with E-state index in [4.69, 9.17) is 9.57 Å². The van der Waals surface area contributed by atoms with Crippen LogP contribution in [0, 0.1) is 6.92 Å². The number of hydroxylamine groups is 2. The molecular weight excluding hydrogens is 292 g/mol. The van der Waals surface area contributed by atoms with Crippen molar-refractivity contribution in [3.63, 3.8) is 0 Å². The highest BCUT2D eigenvalue weighted by Gasteiger charge is 2.23. The van der Waals surface area contributed by atoms with Crippen molar-refractivity contribution in [3.8, 4) is 0 Å². The van der Waals surface area contributed by atoms with Crippen molar-refractivity contribution >= 4 is 6.09 Å². The summed E-state index contributed by atoms with van der Waals surface area (Å²) in [6.07, 6.45) is 0.139. The molecule has 0 radical (unpaired) electrons. The number of ether oxygens (including phenoxy) is 1. The molecule has 1 aromatic carbocycles. The van der Waals surface area contributed by atoms with Crippen LogP contribution in [0.3, 0.4) is 0 Å². The quantitative estimate of drug-likeness (QED) is 0.816. The van der Waals surface area contributed by atoms with Gasteiger partial charge < -0.3 is 10.1 Å². The zero-order valence-electron chi connectivity index (χ0n) is 15.0. The molecule has 0 aliphatic carbocycles. The number of carbonyl (C=O) groups excluding carboxylic acids is 1. The molecule has 0 saturated carbocycles. The molecule has 0 bridgehead atoms. The van der Waals surface area contributed by atoms with Crippen molar-refractivity contribution in [3.05, 3.63) is 47.7 Å². The summed E-state index contributed by atoms with van der Waals surface area (Å²) in [6, 6.07) is 7.74. The Morgan fingerprint density at radius 3 is 2.48 bits per heavy atom. The predicted molar refractivity (Wildman–Crippen MR) is 92.0 cm³/mol. The minimum atomic E-state index is -0.550. The van der Waals surface area contributed by atoms with E-state index in [1.165, 1.54) is 0 Å². The van der Waals surface area contributed by atoms with Gasteiger partial charge in [0.2, 0.25) is 0 Å². The maximum atomic E-state index is 12.1. The van der Waals surface area contributed by atoms with Crippen molar-refractivity contribution in [1.82, 2.24) is 10.4 Å². The molecule has 128 valence electrons. The van der Waals surface area contributed by atoms with E-state index in [1.807, 2.05) is 52.0 Å². The molecule has 0 spiro atoms. The number of amides is 1. The van der Waals surface area contributed by atoms with Crippen LogP contribution < -0.4 is 5.32 Å². The third-order valence-corrected chi connectivity index (χ3v) is 3.46. The van der Waals surface area contributed by atoms with Gasteiger partial charge in [-0.25, -0.2) is 4.79 Å². The molecule has 0 fully saturated rings. The van der Waals surface area contributed by atoms with Crippen molar-refractivity contribution in [2.75, 3.05) is 14.2 Å². The van der Waals surface area contributed by atoms with E-state index in [2.05, 4.69) is 11.9 Å². The number of nitrogens with one attached hydrogen (secondary N) is 1. The molecule has 0 aliphatic rings. The fourth-order valence-electron chi connectivity index (χ4n) is 2.10. The highest BCUT2D eigenvalue weighted by atomic mass is 16.7. The normalized spacial score (nSPS) is 12.4. The van der Waals surface area contributed by atoms with Crippen molar-refractivity contribution in [2.45, 2.75) is 45.8 Å². The summed E-state index contributed by atoms with van der Waals surface area (Å²) < 4.78 is 5.35. The Kier molecular flexibility index (Phi) is 6.63. The molecule has 23 heavy (non-hydrogen) atoms. The molecule has 0 saturated heterocycles. The number of hydrogen-bond donors (Lipinski definition) is 1. The second-order valence-electron chi connectivity index (χ2n) is 6.50. The lowest BCUT2D eigenvalue weighted by molar-refractivity contribution is -0.0825. The minimum Gasteiger partial charge on any atom is -0.444 e. The maximum absolute atomic E-state index is 12.1. The fraction of sp³-hybridized carbons (Fsp3) is 0.500. The van der Waals surface area contributed by atoms with Crippen LogP contribution in [0.5, 0.6) is 0 Å². The van der Waals surface area contributed by atoms with Gasteiger partial charge in [0.1, 0.15) is 5.60 Å². The summed E-state index contributed by atoms with van der Waals surface area (Å²) in [5.41, 5.74) is 2.41. The second-order valence-corrected chi connectivity index (χ2v) is 6.50. The van der Waals surface area contributed by atoms with Crippen molar-refractivity contribution in [2.24, 2.45) is 0 Å². The number of benzene rings is 1. The summed E-state index contributed by atoms with van der Waals surface area (Å²) in [6.45, 7) is 11.6. The van der Waals surface area contributed by atoms with Gasteiger partial charge in [0.25, 0.3) is 0 Å². The number of alkyl carbamates (subject to hydrolysis) is 1. The zero-order valence-corrected chi connectivity index (χ0v) is 15.0. The van der Waals surface area contributed by atoms with E-state index in [0.717, 1.165) is 11.1 Å². The second kappa shape index (κ2) is 8.02. The van der Waals surface area contributed by atoms with Gasteiger partial charge >= 0.3 is 6.09 Å². The van der Waals surface area contributed by atoms with E-state index in [9.17, 15) is 4.79 Å². The molecule has 0 aromatic heterocycles. The van der Waals surface area contributed by atoms with Gasteiger partial charge in [0.15, 0.2) is 0 Å². The highest BCUT2D eigenvalue weighted by Crippen LogP contribution is 2.16. The first-order valence-corrected chi connectivity index (χ1v) is 7.64. The summed E-state index contributed by atoms with van der Waals surface area (Å²) in [5, 5.41) is 4.42. The van der Waals surface area contributed by atoms with Crippen LogP contribution in [0.25, 0.3) is 0 Å². The van der Waals surface area contributed by atoms with E-state index < -0.39 is 11.7 Å². The van der Waals surface area contributed by atoms with E-state index in [-0.39, 0.29) is 6.04 Å². The zero-order chi connectivity index (χ0) is 17.6. The monoisotopic (exact) mass is 320 g/mol. The Hall–Kier alpha value is -2.01. The molecule has 1 aromatic rings. The molecular formula is C18H28N2O3. The molecule has 1 atom stereocenters. The highest BCUT2D eigenvalue weighted by molar-refractivity contribution is 5.68. The Bertz CT molecular complexity index is 549. The first-order chi connectivity index (χ1) is 10.6. The molecule has 5 heteroatoms. The molecule has 1 N–H and O–H groups in total. The van der Waals surface area contributed by atoms with Gasteiger partial charge in [0, 0.05) is 7.05 Å². The minimum absolute atomic E-state index is 0.323. The topological polar surface area (TPSA) is 50.8 Å². The smallest absolute Gasteiger partial charge is 0.408 e. The number of likely N-dealkylation sites (N-methyl/N-ethyl adjacent to an activating group) is 1. The van der Waals surface area contributed by atoms with Crippen LogP contribution in [-0.2, 0) is 16.0 Å². The number of hydrogen-bond acceptors (Lipinski definition) is 4. The first-order valence-electron chi connectivity index (χ1n) is 7.64. The lowest BCUT2D eigenvalue weighted by Crippen LogP contribution is -2.44. The fourth-order valence-corrected chi connectivity index (χ4v) is 2.10. The number of aryl methyl sites for hydroxylation is 1. The Morgan fingerprint density at radius 1 is 1.35 bits per heavy atom. The van der Waals surface area contributed by atoms with Gasteiger partial charge in [-0.15, -0.1) is 0 Å². The van der Waals surface area contributed by atoms with Crippen LogP contribution in [0.15, 0.2) is 36.5 Å². The largest absolute Gasteiger partial charge is 0.444 e. The number of carbonyl (C=O) groups is 1. The van der Waals surface area contributed by atoms with Gasteiger partial charge in [-0.3, -0.25) is 9.90 Å². The van der Waals surface area contributed by atoms with Crippen molar-refractivity contribution in [1.29, 1.82) is 0 Å². The van der Waals surface area contributed by atoms with Gasteiger partial charge in [-0.1, -0.05) is 30.8 Å². The van der Waals surface area contributed by atoms with E-state index >= 15 is 0 Å². The van der Waals surface area contributed by atoms with Crippen LogP contribution in [0.1, 0.15) is 31.9 Å². The van der Waals surface area contributed by atoms with Crippen LogP contribution in [0.4, 0.5) is 4.79 Å². The first kappa shape index (κ1) is 19.0.